The number of benzene rings is 1. The lowest BCUT2D eigenvalue weighted by Gasteiger charge is -2.06. The van der Waals surface area contributed by atoms with Crippen molar-refractivity contribution in [2.75, 3.05) is 5.32 Å². The molecule has 3 rings (SSSR count). The number of oxazole rings is 1. The minimum atomic E-state index is -0.475. The number of anilines is 1. The van der Waals surface area contributed by atoms with Crippen LogP contribution in [0.1, 0.15) is 21.9 Å². The van der Waals surface area contributed by atoms with Gasteiger partial charge in [0.05, 0.1) is 5.69 Å². The Morgan fingerprint density at radius 3 is 2.74 bits per heavy atom. The maximum absolute atomic E-state index is 12.2. The van der Waals surface area contributed by atoms with Gasteiger partial charge in [0.25, 0.3) is 5.69 Å². The van der Waals surface area contributed by atoms with E-state index in [1.165, 1.54) is 12.3 Å². The first-order valence-corrected chi connectivity index (χ1v) is 7.08. The second-order valence-corrected chi connectivity index (χ2v) is 5.11. The molecular formula is C17H15N3O3. The molecule has 3 aromatic rings. The monoisotopic (exact) mass is 309 g/mol. The fourth-order valence-corrected chi connectivity index (χ4v) is 2.13. The summed E-state index contributed by atoms with van der Waals surface area (Å²) in [6, 6.07) is 11.8. The topological polar surface area (TPSA) is 82.1 Å². The highest BCUT2D eigenvalue weighted by atomic mass is 16.5. The zero-order chi connectivity index (χ0) is 16.4. The van der Waals surface area contributed by atoms with Crippen molar-refractivity contribution < 1.29 is 13.9 Å². The van der Waals surface area contributed by atoms with Crippen molar-refractivity contribution in [3.05, 3.63) is 71.0 Å². The van der Waals surface area contributed by atoms with E-state index < -0.39 is 5.91 Å². The second kappa shape index (κ2) is 5.92. The Morgan fingerprint density at radius 2 is 2.04 bits per heavy atom. The molecule has 0 radical (unpaired) electrons. The number of hydrogen-bond donors (Lipinski definition) is 1. The minimum absolute atomic E-state index is 0.0284. The van der Waals surface area contributed by atoms with Gasteiger partial charge in [-0.25, -0.2) is 4.98 Å². The summed E-state index contributed by atoms with van der Waals surface area (Å²) >= 11 is 0. The van der Waals surface area contributed by atoms with Gasteiger partial charge >= 0.3 is 5.91 Å². The van der Waals surface area contributed by atoms with Gasteiger partial charge in [0, 0.05) is 23.4 Å². The summed E-state index contributed by atoms with van der Waals surface area (Å²) in [5.41, 5.74) is 2.17. The lowest BCUT2D eigenvalue weighted by atomic mass is 10.2. The van der Waals surface area contributed by atoms with E-state index in [9.17, 15) is 10.0 Å². The SMILES string of the molecule is Cc1nc(-c2cccc(NC(=O)c3cccc[n+]3[O-])c2)oc1C. The minimum Gasteiger partial charge on any atom is -0.618 e. The average molecular weight is 309 g/mol. The van der Waals surface area contributed by atoms with Gasteiger partial charge in [0.15, 0.2) is 6.20 Å². The van der Waals surface area contributed by atoms with Crippen LogP contribution in [0.2, 0.25) is 0 Å². The van der Waals surface area contributed by atoms with Crippen LogP contribution in [0, 0.1) is 19.1 Å². The van der Waals surface area contributed by atoms with E-state index in [-0.39, 0.29) is 5.69 Å². The van der Waals surface area contributed by atoms with Crippen molar-refractivity contribution in [2.45, 2.75) is 13.8 Å². The number of carbonyl (C=O) groups excluding carboxylic acids is 1. The number of nitrogens with one attached hydrogen (secondary N) is 1. The van der Waals surface area contributed by atoms with Crippen LogP contribution in [-0.4, -0.2) is 10.9 Å². The number of rotatable bonds is 3. The molecular weight excluding hydrogens is 294 g/mol. The van der Waals surface area contributed by atoms with E-state index in [0.29, 0.717) is 16.3 Å². The maximum Gasteiger partial charge on any atom is 0.321 e. The van der Waals surface area contributed by atoms with Crippen molar-refractivity contribution in [1.29, 1.82) is 0 Å². The summed E-state index contributed by atoms with van der Waals surface area (Å²) in [5.74, 6) is 0.776. The van der Waals surface area contributed by atoms with E-state index in [1.54, 1.807) is 30.3 Å². The Labute approximate surface area is 133 Å². The number of hydrogen-bond acceptors (Lipinski definition) is 4. The van der Waals surface area contributed by atoms with Gasteiger partial charge in [0.2, 0.25) is 5.89 Å². The summed E-state index contributed by atoms with van der Waals surface area (Å²) in [6.45, 7) is 3.72. The first kappa shape index (κ1) is 14.8. The lowest BCUT2D eigenvalue weighted by molar-refractivity contribution is -0.607. The molecule has 0 aliphatic rings. The predicted octanol–water partition coefficient (Wildman–Crippen LogP) is 2.84. The molecule has 2 heterocycles. The van der Waals surface area contributed by atoms with E-state index in [2.05, 4.69) is 10.3 Å². The molecule has 0 unspecified atom stereocenters. The average Bonchev–Trinajstić information content (AvgIpc) is 2.87. The van der Waals surface area contributed by atoms with E-state index in [1.807, 2.05) is 19.9 Å². The molecule has 2 aromatic heterocycles. The smallest absolute Gasteiger partial charge is 0.321 e. The Bertz CT molecular complexity index is 852. The largest absolute Gasteiger partial charge is 0.618 e. The summed E-state index contributed by atoms with van der Waals surface area (Å²) in [6.07, 6.45) is 1.28. The molecule has 116 valence electrons. The van der Waals surface area contributed by atoms with Crippen molar-refractivity contribution in [2.24, 2.45) is 0 Å². The Hall–Kier alpha value is -3.15. The first-order chi connectivity index (χ1) is 11.0. The molecule has 6 heteroatoms. The van der Waals surface area contributed by atoms with Crippen molar-refractivity contribution in [1.82, 2.24) is 4.98 Å². The van der Waals surface area contributed by atoms with E-state index in [4.69, 9.17) is 4.42 Å². The zero-order valence-corrected chi connectivity index (χ0v) is 12.7. The highest BCUT2D eigenvalue weighted by molar-refractivity contribution is 6.02. The van der Waals surface area contributed by atoms with Crippen LogP contribution in [0.3, 0.4) is 0 Å². The third-order valence-electron chi connectivity index (χ3n) is 3.45. The quantitative estimate of drug-likeness (QED) is 0.596. The fourth-order valence-electron chi connectivity index (χ4n) is 2.13. The summed E-state index contributed by atoms with van der Waals surface area (Å²) in [7, 11) is 0. The van der Waals surface area contributed by atoms with Crippen LogP contribution < -0.4 is 10.0 Å². The number of pyridine rings is 1. The third kappa shape index (κ3) is 3.06. The van der Waals surface area contributed by atoms with E-state index >= 15 is 0 Å². The Kier molecular flexibility index (Phi) is 3.80. The van der Waals surface area contributed by atoms with Crippen LogP contribution in [0.15, 0.2) is 53.1 Å². The molecule has 0 saturated carbocycles. The molecule has 1 amide bonds. The molecule has 0 bridgehead atoms. The maximum atomic E-state index is 12.2. The molecule has 0 atom stereocenters. The molecule has 1 aromatic carbocycles. The van der Waals surface area contributed by atoms with Gasteiger partial charge in [-0.05, 0) is 38.1 Å². The highest BCUT2D eigenvalue weighted by Crippen LogP contribution is 2.24. The number of aryl methyl sites for hydroxylation is 2. The zero-order valence-electron chi connectivity index (χ0n) is 12.7. The molecule has 0 aliphatic heterocycles. The van der Waals surface area contributed by atoms with Crippen LogP contribution >= 0.6 is 0 Å². The lowest BCUT2D eigenvalue weighted by Crippen LogP contribution is -2.36. The molecule has 0 saturated heterocycles. The van der Waals surface area contributed by atoms with Gasteiger partial charge in [-0.3, -0.25) is 4.79 Å². The molecule has 0 fully saturated rings. The normalized spacial score (nSPS) is 10.5. The molecule has 6 nitrogen and oxygen atoms in total. The Morgan fingerprint density at radius 1 is 1.22 bits per heavy atom. The number of nitrogens with zero attached hydrogens (tertiary/aromatic N) is 2. The van der Waals surface area contributed by atoms with Gasteiger partial charge in [-0.1, -0.05) is 6.07 Å². The third-order valence-corrected chi connectivity index (χ3v) is 3.45. The Balaban J connectivity index is 1.86. The van der Waals surface area contributed by atoms with Crippen molar-refractivity contribution in [3.8, 4) is 11.5 Å². The van der Waals surface area contributed by atoms with Crippen LogP contribution in [0.5, 0.6) is 0 Å². The first-order valence-electron chi connectivity index (χ1n) is 7.08. The van der Waals surface area contributed by atoms with Crippen molar-refractivity contribution >= 4 is 11.6 Å². The van der Waals surface area contributed by atoms with Crippen LogP contribution in [-0.2, 0) is 0 Å². The van der Waals surface area contributed by atoms with Crippen molar-refractivity contribution in [3.63, 3.8) is 0 Å². The molecule has 0 aliphatic carbocycles. The van der Waals surface area contributed by atoms with Gasteiger partial charge < -0.3 is 14.9 Å². The highest BCUT2D eigenvalue weighted by Gasteiger charge is 2.16. The van der Waals surface area contributed by atoms with Crippen LogP contribution in [0.4, 0.5) is 5.69 Å². The summed E-state index contributed by atoms with van der Waals surface area (Å²) < 4.78 is 6.11. The number of amides is 1. The molecule has 1 N–H and O–H groups in total. The standard InChI is InChI=1S/C17H15N3O3/c1-11-12(2)23-17(18-11)13-6-5-7-14(10-13)19-16(21)15-8-3-4-9-20(15)22/h3-10H,1-2H3,(H,19,21). The summed E-state index contributed by atoms with van der Waals surface area (Å²) in [4.78, 5) is 16.5. The second-order valence-electron chi connectivity index (χ2n) is 5.11. The number of aromatic nitrogens is 2. The molecule has 23 heavy (non-hydrogen) atoms. The predicted molar refractivity (Wildman–Crippen MR) is 84.8 cm³/mol. The summed E-state index contributed by atoms with van der Waals surface area (Å²) in [5, 5.41) is 14.3. The van der Waals surface area contributed by atoms with Gasteiger partial charge in [0.1, 0.15) is 5.76 Å². The molecule has 0 spiro atoms. The number of carbonyl (C=O) groups is 1. The van der Waals surface area contributed by atoms with Gasteiger partial charge in [-0.2, -0.15) is 4.73 Å². The fraction of sp³-hybridized carbons (Fsp3) is 0.118. The van der Waals surface area contributed by atoms with Crippen LogP contribution in [0.25, 0.3) is 11.5 Å². The van der Waals surface area contributed by atoms with Gasteiger partial charge in [-0.15, -0.1) is 0 Å². The van der Waals surface area contributed by atoms with E-state index in [0.717, 1.165) is 17.0 Å².